The second-order valence-corrected chi connectivity index (χ2v) is 21.7. The van der Waals surface area contributed by atoms with Crippen LogP contribution in [-0.2, 0) is 0 Å². The van der Waals surface area contributed by atoms with Gasteiger partial charge in [-0.3, -0.25) is 0 Å². The highest BCUT2D eigenvalue weighted by atomic mass is 16.5. The minimum absolute atomic E-state index is 0.0248. The molecule has 0 radical (unpaired) electrons. The van der Waals surface area contributed by atoms with E-state index in [4.69, 9.17) is 4.74 Å². The fraction of sp³-hybridized carbons (Fsp3) is 0.0435. The number of hydrogen-bond acceptors (Lipinski definition) is 3. The molecule has 0 unspecified atom stereocenters. The van der Waals surface area contributed by atoms with Crippen molar-refractivity contribution >= 4 is 125 Å². The predicted octanol–water partition coefficient (Wildman–Crippen LogP) is 10.9. The van der Waals surface area contributed by atoms with Gasteiger partial charge in [0.05, 0.1) is 5.52 Å². The van der Waals surface area contributed by atoms with Crippen LogP contribution in [-0.4, -0.2) is 24.7 Å². The minimum atomic E-state index is -0.122. The van der Waals surface area contributed by atoms with Gasteiger partial charge in [0, 0.05) is 62.2 Å². The molecule has 7 heteroatoms. The summed E-state index contributed by atoms with van der Waals surface area (Å²) in [5, 5.41) is 2.56. The number of rotatable bonds is 4. The average Bonchev–Trinajstić information content (AvgIpc) is 3.99. The van der Waals surface area contributed by atoms with Gasteiger partial charge in [-0.2, -0.15) is 0 Å². The first-order chi connectivity index (χ1) is 37.5. The lowest BCUT2D eigenvalue weighted by Crippen LogP contribution is -2.69. The van der Waals surface area contributed by atoms with Crippen LogP contribution >= 0.6 is 0 Å². The summed E-state index contributed by atoms with van der Waals surface area (Å²) >= 11 is 0. The highest BCUT2D eigenvalue weighted by Crippen LogP contribution is 2.49. The zero-order chi connectivity index (χ0) is 50.1. The van der Waals surface area contributed by atoms with Crippen LogP contribution in [0.25, 0.3) is 49.7 Å². The molecule has 0 aliphatic carbocycles. The Hall–Kier alpha value is -9.19. The van der Waals surface area contributed by atoms with E-state index in [0.717, 1.165) is 22.9 Å². The third-order valence-corrected chi connectivity index (χ3v) is 17.5. The molecule has 0 saturated carbocycles. The summed E-state index contributed by atoms with van der Waals surface area (Å²) in [6.45, 7) is 6.62. The maximum absolute atomic E-state index is 7.21. The van der Waals surface area contributed by atoms with Crippen LogP contribution in [0.1, 0.15) is 16.7 Å². The second-order valence-electron chi connectivity index (χ2n) is 21.7. The Morgan fingerprint density at radius 3 is 1.62 bits per heavy atom. The molecule has 76 heavy (non-hydrogen) atoms. The van der Waals surface area contributed by atoms with E-state index in [1.54, 1.807) is 0 Å². The van der Waals surface area contributed by atoms with Gasteiger partial charge in [-0.05, 0) is 129 Å². The molecule has 1 aromatic heterocycles. The largest absolute Gasteiger partial charge is 0.458 e. The Morgan fingerprint density at radius 2 is 0.908 bits per heavy atom. The van der Waals surface area contributed by atoms with Crippen LogP contribution in [0.5, 0.6) is 11.5 Å². The number of hydrogen-bond donors (Lipinski definition) is 0. The Bertz CT molecular complexity index is 4490. The van der Waals surface area contributed by atoms with Gasteiger partial charge in [-0.1, -0.05) is 198 Å². The summed E-state index contributed by atoms with van der Waals surface area (Å²) < 4.78 is 9.81. The maximum atomic E-state index is 7.21. The van der Waals surface area contributed by atoms with Crippen LogP contribution in [0.3, 0.4) is 0 Å². The molecule has 0 fully saturated rings. The third-order valence-electron chi connectivity index (χ3n) is 17.5. The van der Waals surface area contributed by atoms with Gasteiger partial charge in [0.2, 0.25) is 0 Å². The van der Waals surface area contributed by atoms with Crippen molar-refractivity contribution in [3.8, 4) is 39.4 Å². The summed E-state index contributed by atoms with van der Waals surface area (Å²) in [5.74, 6) is 1.81. The van der Waals surface area contributed by atoms with Crippen LogP contribution in [0.2, 0.25) is 0 Å². The molecule has 5 aliphatic heterocycles. The van der Waals surface area contributed by atoms with Crippen molar-refractivity contribution in [1.29, 1.82) is 0 Å². The number of nitrogens with zero attached hydrogens (tertiary/aromatic N) is 3. The summed E-state index contributed by atoms with van der Waals surface area (Å²) in [6, 6.07) is 84.5. The summed E-state index contributed by atoms with van der Waals surface area (Å²) in [6.07, 6.45) is 0. The highest BCUT2D eigenvalue weighted by Gasteiger charge is 2.52. The molecule has 5 aliphatic rings. The van der Waals surface area contributed by atoms with E-state index in [9.17, 15) is 0 Å². The van der Waals surface area contributed by atoms with Gasteiger partial charge in [0.25, 0.3) is 20.1 Å². The molecule has 17 rings (SSSR count). The molecule has 11 aromatic carbocycles. The maximum Gasteiger partial charge on any atom is 0.252 e. The minimum Gasteiger partial charge on any atom is -0.458 e. The molecule has 0 spiro atoms. The molecule has 0 bridgehead atoms. The van der Waals surface area contributed by atoms with E-state index in [0.29, 0.717) is 0 Å². The van der Waals surface area contributed by atoms with E-state index in [-0.39, 0.29) is 20.1 Å². The summed E-state index contributed by atoms with van der Waals surface area (Å²) in [4.78, 5) is 5.26. The quantitative estimate of drug-likeness (QED) is 0.164. The number of ether oxygens (including phenoxy) is 1. The molecule has 0 amide bonds. The number of aryl methyl sites for hydroxylation is 3. The lowest BCUT2D eigenvalue weighted by atomic mass is 9.28. The van der Waals surface area contributed by atoms with E-state index >= 15 is 0 Å². The lowest BCUT2D eigenvalue weighted by molar-refractivity contribution is 0.488. The zero-order valence-corrected chi connectivity index (χ0v) is 42.3. The molecule has 352 valence electrons. The first-order valence-electron chi connectivity index (χ1n) is 26.8. The van der Waals surface area contributed by atoms with Gasteiger partial charge in [-0.15, -0.1) is 0 Å². The molecule has 0 atom stereocenters. The van der Waals surface area contributed by atoms with Gasteiger partial charge in [0.1, 0.15) is 11.5 Å². The Morgan fingerprint density at radius 1 is 0.342 bits per heavy atom. The van der Waals surface area contributed by atoms with Crippen molar-refractivity contribution in [3.63, 3.8) is 0 Å². The van der Waals surface area contributed by atoms with Gasteiger partial charge >= 0.3 is 0 Å². The molecule has 6 heterocycles. The number of aromatic nitrogens is 1. The van der Waals surface area contributed by atoms with Crippen molar-refractivity contribution in [2.24, 2.45) is 0 Å². The van der Waals surface area contributed by atoms with E-state index in [2.05, 4.69) is 260 Å². The fourth-order valence-corrected chi connectivity index (χ4v) is 14.7. The molecule has 12 aromatic rings. The van der Waals surface area contributed by atoms with Crippen molar-refractivity contribution < 1.29 is 4.74 Å². The van der Waals surface area contributed by atoms with Crippen LogP contribution < -0.4 is 63.7 Å². The Labute approximate surface area is 443 Å². The topological polar surface area (TPSA) is 20.6 Å². The van der Waals surface area contributed by atoms with Gasteiger partial charge < -0.3 is 19.1 Å². The average molecular weight is 966 g/mol. The van der Waals surface area contributed by atoms with Crippen molar-refractivity contribution in [1.82, 2.24) is 4.57 Å². The molecular weight excluding hydrogens is 919 g/mol. The number of benzene rings is 11. The number of fused-ring (bicyclic) bond motifs is 15. The van der Waals surface area contributed by atoms with E-state index < -0.39 is 0 Å². The van der Waals surface area contributed by atoms with Crippen molar-refractivity contribution in [2.45, 2.75) is 20.8 Å². The SMILES string of the molecule is Cc1cc(C)c(B2c3ccccc3Oc3cc4c(cc32)B2c3ccc(-c5ccccc5)cc3N3c5cc(-c6ccccc6)ccc5B5c6c(cc(c2c63)N4c2ccccc2)-n2c3ccccc3c3cccc5c32)c(C)c1. The standard InChI is InChI=1S/C69H46B3N3O/c1-41-34-42(2)65(43(3)35-41)72-53-26-14-16-29-63(53)76-64-40-60-55(38-56(64)72)71-52-33-31-47(45-20-9-5-10-21-45)37-59(52)75-58-36-46(44-18-7-4-8-19-44)30-32-51(58)70-54-27-17-25-50-49-24-13-15-28-57(49)74(68(50)54)62-39-61(66(71)69(75)67(62)70)73(60)48-22-11-6-12-23-48/h4-40H,1-3H3. The molecule has 0 N–H and O–H groups in total. The highest BCUT2D eigenvalue weighted by molar-refractivity contribution is 7.05. The van der Waals surface area contributed by atoms with Crippen LogP contribution in [0, 0.1) is 20.8 Å². The summed E-state index contributed by atoms with van der Waals surface area (Å²) in [7, 11) is 0. The number of para-hydroxylation sites is 4. The Balaban J connectivity index is 1.04. The molecular formula is C69H46B3N3O. The van der Waals surface area contributed by atoms with Crippen molar-refractivity contribution in [2.75, 3.05) is 9.80 Å². The smallest absolute Gasteiger partial charge is 0.252 e. The second kappa shape index (κ2) is 15.4. The number of anilines is 6. The van der Waals surface area contributed by atoms with Gasteiger partial charge in [0.15, 0.2) is 0 Å². The monoisotopic (exact) mass is 965 g/mol. The molecule has 4 nitrogen and oxygen atoms in total. The van der Waals surface area contributed by atoms with E-state index in [1.807, 2.05) is 0 Å². The summed E-state index contributed by atoms with van der Waals surface area (Å²) in [5.41, 5.74) is 31.2. The predicted molar refractivity (Wildman–Crippen MR) is 322 cm³/mol. The first-order valence-corrected chi connectivity index (χ1v) is 26.8. The normalized spacial score (nSPS) is 13.7. The lowest BCUT2D eigenvalue weighted by Gasteiger charge is -2.50. The van der Waals surface area contributed by atoms with E-state index in [1.165, 1.54) is 138 Å². The van der Waals surface area contributed by atoms with Crippen molar-refractivity contribution in [3.05, 3.63) is 241 Å². The first kappa shape index (κ1) is 42.2. The fourth-order valence-electron chi connectivity index (χ4n) is 14.7. The van der Waals surface area contributed by atoms with Gasteiger partial charge in [-0.25, -0.2) is 0 Å². The third kappa shape index (κ3) is 5.61. The van der Waals surface area contributed by atoms with Crippen LogP contribution in [0.4, 0.5) is 34.1 Å². The Kier molecular flexibility index (Phi) is 8.57. The molecule has 0 saturated heterocycles. The van der Waals surface area contributed by atoms with Crippen LogP contribution in [0.15, 0.2) is 224 Å². The zero-order valence-electron chi connectivity index (χ0n) is 42.3.